The summed E-state index contributed by atoms with van der Waals surface area (Å²) in [5, 5.41) is 2.88. The van der Waals surface area contributed by atoms with Gasteiger partial charge in [0.2, 0.25) is 11.8 Å². The molecule has 0 radical (unpaired) electrons. The highest BCUT2D eigenvalue weighted by atomic mass is 32.2. The first-order valence-corrected chi connectivity index (χ1v) is 21.5. The van der Waals surface area contributed by atoms with Crippen LogP contribution in [0, 0.1) is 0 Å². The van der Waals surface area contributed by atoms with Gasteiger partial charge in [-0.25, -0.2) is 16.8 Å². The highest BCUT2D eigenvalue weighted by molar-refractivity contribution is 7.93. The van der Waals surface area contributed by atoms with E-state index in [9.17, 15) is 26.4 Å². The Labute approximate surface area is 345 Å². The van der Waals surface area contributed by atoms with Gasteiger partial charge in [-0.15, -0.1) is 0 Å². The van der Waals surface area contributed by atoms with Crippen molar-refractivity contribution in [3.63, 3.8) is 0 Å². The van der Waals surface area contributed by atoms with E-state index in [0.717, 1.165) is 16.7 Å². The topological polar surface area (TPSA) is 147 Å². The SMILES string of the molecule is NC(=O)c1cccc(N(Cc2ccccc2)S(=O)(=O)c2ccccc2)c1.O=C(Cc1ccccc1)Nc1cccc(N(Cc2ccccc2)S(=O)(=O)c2ccccc2)c1. The average Bonchev–Trinajstić information content (AvgIpc) is 3.26. The van der Waals surface area contributed by atoms with Gasteiger partial charge in [-0.3, -0.25) is 18.2 Å². The number of hydrogen-bond acceptors (Lipinski definition) is 6. The summed E-state index contributed by atoms with van der Waals surface area (Å²) < 4.78 is 56.2. The summed E-state index contributed by atoms with van der Waals surface area (Å²) in [6.07, 6.45) is 0.237. The third kappa shape index (κ3) is 11.1. The van der Waals surface area contributed by atoms with Crippen molar-refractivity contribution < 1.29 is 26.4 Å². The number of amides is 2. The van der Waals surface area contributed by atoms with E-state index in [2.05, 4.69) is 5.32 Å². The number of benzene rings is 7. The predicted octanol–water partition coefficient (Wildman–Crippen LogP) is 8.44. The fourth-order valence-electron chi connectivity index (χ4n) is 6.11. The van der Waals surface area contributed by atoms with Crippen LogP contribution in [0.5, 0.6) is 0 Å². The van der Waals surface area contributed by atoms with Gasteiger partial charge in [0.05, 0.1) is 40.7 Å². The Morgan fingerprint density at radius 2 is 0.847 bits per heavy atom. The summed E-state index contributed by atoms with van der Waals surface area (Å²) in [4.78, 5) is 24.4. The van der Waals surface area contributed by atoms with Crippen molar-refractivity contribution in [3.8, 4) is 0 Å². The fraction of sp³-hybridized carbons (Fsp3) is 0.0638. The minimum atomic E-state index is -3.83. The van der Waals surface area contributed by atoms with Gasteiger partial charge in [0, 0.05) is 11.3 Å². The maximum absolute atomic E-state index is 13.6. The normalized spacial score (nSPS) is 11.1. The Hall–Kier alpha value is -7.02. The maximum atomic E-state index is 13.6. The molecule has 0 saturated heterocycles. The first-order valence-electron chi connectivity index (χ1n) is 18.6. The van der Waals surface area contributed by atoms with Crippen LogP contribution in [0.3, 0.4) is 0 Å². The number of carbonyl (C=O) groups excluding carboxylic acids is 2. The third-order valence-electron chi connectivity index (χ3n) is 9.04. The molecular weight excluding hydrogens is 781 g/mol. The molecule has 12 heteroatoms. The van der Waals surface area contributed by atoms with Crippen LogP contribution in [-0.4, -0.2) is 28.6 Å². The van der Waals surface area contributed by atoms with E-state index < -0.39 is 26.0 Å². The molecule has 0 unspecified atom stereocenters. The van der Waals surface area contributed by atoms with Crippen molar-refractivity contribution in [2.75, 3.05) is 13.9 Å². The van der Waals surface area contributed by atoms with Crippen LogP contribution < -0.4 is 19.7 Å². The van der Waals surface area contributed by atoms with Crippen molar-refractivity contribution in [2.45, 2.75) is 29.3 Å². The molecule has 0 spiro atoms. The Morgan fingerprint density at radius 1 is 0.458 bits per heavy atom. The van der Waals surface area contributed by atoms with Crippen LogP contribution in [0.2, 0.25) is 0 Å². The lowest BCUT2D eigenvalue weighted by atomic mass is 10.1. The molecule has 7 rings (SSSR count). The van der Waals surface area contributed by atoms with E-state index in [1.807, 2.05) is 91.0 Å². The molecule has 298 valence electrons. The Bertz CT molecular complexity index is 2690. The molecule has 0 aliphatic rings. The Balaban J connectivity index is 0.000000204. The summed E-state index contributed by atoms with van der Waals surface area (Å²) in [6, 6.07) is 57.9. The standard InChI is InChI=1S/C27H24N2O3S.C20H18N2O3S/c30-27(19-22-11-4-1-5-12-22)28-24-15-10-16-25(20-24)29(21-23-13-6-2-7-14-23)33(31,32)26-17-8-3-9-18-26;21-20(23)17-10-7-11-18(14-17)22(15-16-8-3-1-4-9-16)26(24,25)19-12-5-2-6-13-19/h1-18,20H,19,21H2,(H,28,30);1-14H,15H2,(H2,21,23). The van der Waals surface area contributed by atoms with Crippen molar-refractivity contribution in [2.24, 2.45) is 5.73 Å². The lowest BCUT2D eigenvalue weighted by Crippen LogP contribution is -2.30. The molecule has 2 amide bonds. The van der Waals surface area contributed by atoms with Crippen molar-refractivity contribution in [1.29, 1.82) is 0 Å². The molecule has 0 heterocycles. The van der Waals surface area contributed by atoms with Crippen molar-refractivity contribution >= 4 is 48.9 Å². The van der Waals surface area contributed by atoms with Gasteiger partial charge in [-0.05, 0) is 77.4 Å². The van der Waals surface area contributed by atoms with Gasteiger partial charge in [-0.1, -0.05) is 140 Å². The summed E-state index contributed by atoms with van der Waals surface area (Å²) in [6.45, 7) is 0.305. The second kappa shape index (κ2) is 19.4. The molecule has 59 heavy (non-hydrogen) atoms. The van der Waals surface area contributed by atoms with Crippen LogP contribution >= 0.6 is 0 Å². The minimum absolute atomic E-state index is 0.139. The highest BCUT2D eigenvalue weighted by Gasteiger charge is 2.27. The van der Waals surface area contributed by atoms with Gasteiger partial charge in [0.25, 0.3) is 20.0 Å². The number of carbonyl (C=O) groups is 2. The number of sulfonamides is 2. The molecule has 0 bridgehead atoms. The second-order valence-electron chi connectivity index (χ2n) is 13.3. The first-order chi connectivity index (χ1) is 28.5. The van der Waals surface area contributed by atoms with E-state index in [1.165, 1.54) is 14.7 Å². The molecule has 7 aromatic carbocycles. The monoisotopic (exact) mass is 822 g/mol. The molecular formula is C47H42N4O6S2. The molecule has 7 aromatic rings. The van der Waals surface area contributed by atoms with Crippen molar-refractivity contribution in [3.05, 3.63) is 222 Å². The van der Waals surface area contributed by atoms with E-state index in [1.54, 1.807) is 103 Å². The predicted molar refractivity (Wildman–Crippen MR) is 233 cm³/mol. The number of nitrogens with zero attached hydrogens (tertiary/aromatic N) is 2. The number of hydrogen-bond donors (Lipinski definition) is 2. The molecule has 0 saturated carbocycles. The lowest BCUT2D eigenvalue weighted by Gasteiger charge is -2.25. The van der Waals surface area contributed by atoms with Crippen LogP contribution in [0.15, 0.2) is 210 Å². The van der Waals surface area contributed by atoms with Crippen LogP contribution in [0.25, 0.3) is 0 Å². The second-order valence-corrected chi connectivity index (χ2v) is 17.0. The summed E-state index contributed by atoms with van der Waals surface area (Å²) in [7, 11) is -7.64. The molecule has 10 nitrogen and oxygen atoms in total. The molecule has 0 aromatic heterocycles. The van der Waals surface area contributed by atoms with Gasteiger partial charge in [0.15, 0.2) is 0 Å². The molecule has 3 N–H and O–H groups in total. The zero-order valence-electron chi connectivity index (χ0n) is 31.9. The van der Waals surface area contributed by atoms with Gasteiger partial charge >= 0.3 is 0 Å². The smallest absolute Gasteiger partial charge is 0.264 e. The number of rotatable bonds is 14. The lowest BCUT2D eigenvalue weighted by molar-refractivity contribution is -0.115. The molecule has 0 fully saturated rings. The van der Waals surface area contributed by atoms with E-state index in [4.69, 9.17) is 5.73 Å². The summed E-state index contributed by atoms with van der Waals surface area (Å²) in [5.74, 6) is -0.775. The molecule has 0 aliphatic carbocycles. The summed E-state index contributed by atoms with van der Waals surface area (Å²) >= 11 is 0. The van der Waals surface area contributed by atoms with Gasteiger partial charge < -0.3 is 11.1 Å². The Kier molecular flexibility index (Phi) is 13.7. The maximum Gasteiger partial charge on any atom is 0.264 e. The van der Waals surface area contributed by atoms with E-state index in [-0.39, 0.29) is 40.8 Å². The molecule has 0 atom stereocenters. The number of anilines is 3. The number of nitrogens with one attached hydrogen (secondary N) is 1. The number of primary amides is 1. The van der Waals surface area contributed by atoms with Crippen molar-refractivity contribution in [1.82, 2.24) is 0 Å². The highest BCUT2D eigenvalue weighted by Crippen LogP contribution is 2.29. The van der Waals surface area contributed by atoms with Crippen LogP contribution in [0.1, 0.15) is 27.0 Å². The van der Waals surface area contributed by atoms with Gasteiger partial charge in [-0.2, -0.15) is 0 Å². The first kappa shape index (κ1) is 41.6. The van der Waals surface area contributed by atoms with Crippen LogP contribution in [-0.2, 0) is 44.4 Å². The fourth-order valence-corrected chi connectivity index (χ4v) is 9.04. The van der Waals surface area contributed by atoms with E-state index >= 15 is 0 Å². The van der Waals surface area contributed by atoms with E-state index in [0.29, 0.717) is 17.1 Å². The zero-order valence-corrected chi connectivity index (χ0v) is 33.5. The Morgan fingerprint density at radius 3 is 1.29 bits per heavy atom. The average molecular weight is 823 g/mol. The molecule has 0 aliphatic heterocycles. The zero-order chi connectivity index (χ0) is 41.7. The van der Waals surface area contributed by atoms with Gasteiger partial charge in [0.1, 0.15) is 0 Å². The third-order valence-corrected chi connectivity index (χ3v) is 12.6. The van der Waals surface area contributed by atoms with Crippen LogP contribution in [0.4, 0.5) is 17.1 Å². The minimum Gasteiger partial charge on any atom is -0.366 e. The quantitative estimate of drug-likeness (QED) is 0.113. The largest absolute Gasteiger partial charge is 0.366 e. The summed E-state index contributed by atoms with van der Waals surface area (Å²) in [5.41, 5.74) is 9.59. The number of nitrogens with two attached hydrogens (primary N) is 1.